The molecule has 1 aliphatic rings. The maximum Gasteiger partial charge on any atom is 0.150 e. The molecule has 0 spiro atoms. The molecule has 0 aromatic carbocycles. The van der Waals surface area contributed by atoms with E-state index < -0.39 is 5.60 Å². The molecular formula is C10H16N2OS2. The van der Waals surface area contributed by atoms with Crippen LogP contribution in [-0.2, 0) is 0 Å². The highest BCUT2D eigenvalue weighted by atomic mass is 32.2. The zero-order valence-corrected chi connectivity index (χ0v) is 10.5. The summed E-state index contributed by atoms with van der Waals surface area (Å²) < 4.78 is 1.07. The topological polar surface area (TPSA) is 45.1 Å². The van der Waals surface area contributed by atoms with Gasteiger partial charge in [0, 0.05) is 16.8 Å². The van der Waals surface area contributed by atoms with E-state index in [2.05, 4.69) is 15.7 Å². The first-order valence-electron chi connectivity index (χ1n) is 5.16. The Morgan fingerprint density at radius 2 is 2.33 bits per heavy atom. The van der Waals surface area contributed by atoms with Gasteiger partial charge < -0.3 is 10.4 Å². The highest BCUT2D eigenvalue weighted by molar-refractivity contribution is 8.01. The third-order valence-corrected chi connectivity index (χ3v) is 5.01. The summed E-state index contributed by atoms with van der Waals surface area (Å²) in [5, 5.41) is 15.6. The molecule has 0 radical (unpaired) electrons. The number of piperidine rings is 1. The number of hydrogen-bond acceptors (Lipinski definition) is 5. The Bertz CT molecular complexity index is 321. The van der Waals surface area contributed by atoms with Gasteiger partial charge in [0.2, 0.25) is 0 Å². The van der Waals surface area contributed by atoms with E-state index in [1.807, 2.05) is 6.92 Å². The first-order chi connectivity index (χ1) is 7.18. The molecule has 0 aliphatic carbocycles. The molecular weight excluding hydrogens is 228 g/mol. The van der Waals surface area contributed by atoms with Gasteiger partial charge in [0.25, 0.3) is 0 Å². The molecule has 15 heavy (non-hydrogen) atoms. The van der Waals surface area contributed by atoms with Crippen molar-refractivity contribution < 1.29 is 5.11 Å². The van der Waals surface area contributed by atoms with Crippen LogP contribution in [0.4, 0.5) is 0 Å². The molecule has 2 N–H and O–H groups in total. The van der Waals surface area contributed by atoms with Crippen LogP contribution in [0.3, 0.4) is 0 Å². The number of rotatable bonds is 3. The van der Waals surface area contributed by atoms with Crippen LogP contribution in [0.1, 0.15) is 18.5 Å². The van der Waals surface area contributed by atoms with Crippen molar-refractivity contribution in [3.63, 3.8) is 0 Å². The quantitative estimate of drug-likeness (QED) is 0.794. The Morgan fingerprint density at radius 1 is 1.60 bits per heavy atom. The normalized spacial score (nSPS) is 20.4. The second-order valence-electron chi connectivity index (χ2n) is 4.02. The predicted molar refractivity (Wildman–Crippen MR) is 64.6 cm³/mol. The van der Waals surface area contributed by atoms with Crippen molar-refractivity contribution in [1.82, 2.24) is 10.3 Å². The highest BCUT2D eigenvalue weighted by Gasteiger charge is 2.29. The number of hydrogen-bond donors (Lipinski definition) is 2. The lowest BCUT2D eigenvalue weighted by Gasteiger charge is -2.31. The van der Waals surface area contributed by atoms with Gasteiger partial charge in [-0.15, -0.1) is 11.3 Å². The smallest absolute Gasteiger partial charge is 0.150 e. The second kappa shape index (κ2) is 4.82. The minimum Gasteiger partial charge on any atom is -0.389 e. The molecule has 1 fully saturated rings. The molecule has 0 unspecified atom stereocenters. The molecule has 3 nitrogen and oxygen atoms in total. The van der Waals surface area contributed by atoms with E-state index in [1.54, 1.807) is 23.1 Å². The Kier molecular flexibility index (Phi) is 3.66. The molecule has 1 aliphatic heterocycles. The van der Waals surface area contributed by atoms with Gasteiger partial charge in [0.05, 0.1) is 5.60 Å². The Morgan fingerprint density at radius 3 is 2.93 bits per heavy atom. The molecule has 0 saturated carbocycles. The summed E-state index contributed by atoms with van der Waals surface area (Å²) in [6.45, 7) is 3.85. The Hall–Kier alpha value is -0.100. The largest absolute Gasteiger partial charge is 0.389 e. The molecule has 0 bridgehead atoms. The molecule has 0 atom stereocenters. The van der Waals surface area contributed by atoms with Gasteiger partial charge in [-0.3, -0.25) is 0 Å². The van der Waals surface area contributed by atoms with Crippen LogP contribution >= 0.6 is 23.1 Å². The predicted octanol–water partition coefficient (Wildman–Crippen LogP) is 1.66. The third kappa shape index (κ3) is 3.17. The molecule has 0 amide bonds. The lowest BCUT2D eigenvalue weighted by atomic mass is 9.95. The maximum atomic E-state index is 10.3. The van der Waals surface area contributed by atoms with Gasteiger partial charge in [-0.1, -0.05) is 11.8 Å². The second-order valence-corrected chi connectivity index (χ2v) is 6.10. The van der Waals surface area contributed by atoms with Crippen LogP contribution in [0.15, 0.2) is 9.72 Å². The van der Waals surface area contributed by atoms with E-state index in [0.717, 1.165) is 41.7 Å². The lowest BCUT2D eigenvalue weighted by molar-refractivity contribution is 0.0339. The van der Waals surface area contributed by atoms with Gasteiger partial charge >= 0.3 is 0 Å². The summed E-state index contributed by atoms with van der Waals surface area (Å²) in [7, 11) is 0. The molecule has 2 rings (SSSR count). The lowest BCUT2D eigenvalue weighted by Crippen LogP contribution is -2.43. The number of nitrogens with one attached hydrogen (secondary N) is 1. The van der Waals surface area contributed by atoms with Crippen LogP contribution in [0.5, 0.6) is 0 Å². The number of thiazole rings is 1. The summed E-state index contributed by atoms with van der Waals surface area (Å²) in [6.07, 6.45) is 1.70. The van der Waals surface area contributed by atoms with Gasteiger partial charge in [0.15, 0.2) is 0 Å². The summed E-state index contributed by atoms with van der Waals surface area (Å²) >= 11 is 3.34. The van der Waals surface area contributed by atoms with Crippen molar-refractivity contribution >= 4 is 23.1 Å². The van der Waals surface area contributed by atoms with Crippen LogP contribution in [0, 0.1) is 6.92 Å². The first kappa shape index (κ1) is 11.4. The van der Waals surface area contributed by atoms with Crippen LogP contribution < -0.4 is 5.32 Å². The van der Waals surface area contributed by atoms with E-state index in [4.69, 9.17) is 0 Å². The molecule has 84 valence electrons. The fourth-order valence-electron chi connectivity index (χ4n) is 1.63. The minimum absolute atomic E-state index is 0.491. The van der Waals surface area contributed by atoms with Gasteiger partial charge in [-0.25, -0.2) is 4.98 Å². The van der Waals surface area contributed by atoms with E-state index in [-0.39, 0.29) is 0 Å². The number of aliphatic hydroxyl groups is 1. The van der Waals surface area contributed by atoms with Crippen molar-refractivity contribution in [3.05, 3.63) is 11.1 Å². The molecule has 2 heterocycles. The van der Waals surface area contributed by atoms with E-state index in [0.29, 0.717) is 0 Å². The van der Waals surface area contributed by atoms with Crippen LogP contribution in [-0.4, -0.2) is 34.5 Å². The molecule has 1 aromatic rings. The van der Waals surface area contributed by atoms with Crippen LogP contribution in [0.25, 0.3) is 0 Å². The standard InChI is InChI=1S/C10H16N2OS2/c1-8-6-14-9(12-8)15-7-10(13)2-4-11-5-3-10/h6,11,13H,2-5,7H2,1H3. The zero-order valence-electron chi connectivity index (χ0n) is 8.82. The maximum absolute atomic E-state index is 10.3. The fourth-order valence-corrected chi connectivity index (χ4v) is 3.63. The van der Waals surface area contributed by atoms with Crippen molar-refractivity contribution in [1.29, 1.82) is 0 Å². The number of aryl methyl sites for hydroxylation is 1. The van der Waals surface area contributed by atoms with Crippen molar-refractivity contribution in [3.8, 4) is 0 Å². The number of nitrogens with zero attached hydrogens (tertiary/aromatic N) is 1. The van der Waals surface area contributed by atoms with E-state index in [1.165, 1.54) is 0 Å². The average molecular weight is 244 g/mol. The van der Waals surface area contributed by atoms with Crippen molar-refractivity contribution in [2.24, 2.45) is 0 Å². The fraction of sp³-hybridized carbons (Fsp3) is 0.700. The highest BCUT2D eigenvalue weighted by Crippen LogP contribution is 2.29. The summed E-state index contributed by atoms with van der Waals surface area (Å²) in [4.78, 5) is 4.38. The van der Waals surface area contributed by atoms with Gasteiger partial charge in [-0.05, 0) is 32.9 Å². The van der Waals surface area contributed by atoms with E-state index >= 15 is 0 Å². The van der Waals surface area contributed by atoms with Crippen LogP contribution in [0.2, 0.25) is 0 Å². The summed E-state index contributed by atoms with van der Waals surface area (Å²) in [5.74, 6) is 0.766. The third-order valence-electron chi connectivity index (χ3n) is 2.60. The SMILES string of the molecule is Cc1csc(SCC2(O)CCNCC2)n1. The van der Waals surface area contributed by atoms with Gasteiger partial charge in [0.1, 0.15) is 4.34 Å². The van der Waals surface area contributed by atoms with Gasteiger partial charge in [-0.2, -0.15) is 0 Å². The molecule has 1 saturated heterocycles. The first-order valence-corrected chi connectivity index (χ1v) is 7.03. The average Bonchev–Trinajstić information content (AvgIpc) is 2.63. The Labute approximate surface area is 98.3 Å². The molecule has 5 heteroatoms. The van der Waals surface area contributed by atoms with Crippen molar-refractivity contribution in [2.45, 2.75) is 29.7 Å². The number of thioether (sulfide) groups is 1. The minimum atomic E-state index is -0.491. The summed E-state index contributed by atoms with van der Waals surface area (Å²) in [6, 6.07) is 0. The van der Waals surface area contributed by atoms with E-state index in [9.17, 15) is 5.11 Å². The summed E-state index contributed by atoms with van der Waals surface area (Å²) in [5.41, 5.74) is 0.579. The number of aromatic nitrogens is 1. The van der Waals surface area contributed by atoms with Crippen molar-refractivity contribution in [2.75, 3.05) is 18.8 Å². The monoisotopic (exact) mass is 244 g/mol. The Balaban J connectivity index is 1.86. The molecule has 1 aromatic heterocycles. The zero-order chi connectivity index (χ0) is 10.7.